The minimum Gasteiger partial charge on any atom is -0.211 e. The second-order valence-corrected chi connectivity index (χ2v) is 5.46. The molecule has 0 atom stereocenters. The van der Waals surface area contributed by atoms with Crippen LogP contribution in [-0.2, 0) is 10.0 Å². The normalized spacial score (nSPS) is 11.8. The van der Waals surface area contributed by atoms with Gasteiger partial charge in [0.15, 0.2) is 0 Å². The van der Waals surface area contributed by atoms with E-state index in [1.54, 1.807) is 30.3 Å². The van der Waals surface area contributed by atoms with Crippen LogP contribution in [0, 0.1) is 0 Å². The SMILES string of the molecule is C=CCCNS(=O)(=O)/C=C/c1ccc(Cl)cc1. The fraction of sp³-hybridized carbons (Fsp3) is 0.167. The van der Waals surface area contributed by atoms with Crippen LogP contribution in [0.3, 0.4) is 0 Å². The number of hydrogen-bond acceptors (Lipinski definition) is 2. The maximum Gasteiger partial charge on any atom is 0.233 e. The Bertz CT molecular complexity index is 492. The van der Waals surface area contributed by atoms with E-state index < -0.39 is 10.0 Å². The maximum absolute atomic E-state index is 11.5. The molecule has 1 aromatic rings. The van der Waals surface area contributed by atoms with Gasteiger partial charge in [-0.2, -0.15) is 0 Å². The van der Waals surface area contributed by atoms with Gasteiger partial charge in [0, 0.05) is 17.0 Å². The second-order valence-electron chi connectivity index (χ2n) is 3.37. The van der Waals surface area contributed by atoms with Crippen molar-refractivity contribution < 1.29 is 8.42 Å². The highest BCUT2D eigenvalue weighted by molar-refractivity contribution is 7.92. The van der Waals surface area contributed by atoms with Crippen LogP contribution in [0.2, 0.25) is 5.02 Å². The third-order valence-corrected chi connectivity index (χ3v) is 3.31. The molecule has 0 saturated heterocycles. The Morgan fingerprint density at radius 2 is 1.94 bits per heavy atom. The standard InChI is InChI=1S/C12H14ClNO2S/c1-2-3-9-14-17(15,16)10-8-11-4-6-12(13)7-5-11/h2,4-8,10,14H,1,3,9H2/b10-8+. The molecular weight excluding hydrogens is 258 g/mol. The number of benzene rings is 1. The fourth-order valence-corrected chi connectivity index (χ4v) is 2.05. The quantitative estimate of drug-likeness (QED) is 0.639. The maximum atomic E-state index is 11.5. The van der Waals surface area contributed by atoms with E-state index in [9.17, 15) is 8.42 Å². The molecule has 0 aromatic heterocycles. The van der Waals surface area contributed by atoms with E-state index >= 15 is 0 Å². The predicted octanol–water partition coefficient (Wildman–Crippen LogP) is 2.81. The summed E-state index contributed by atoms with van der Waals surface area (Å²) in [5.74, 6) is 0. The van der Waals surface area contributed by atoms with E-state index in [1.165, 1.54) is 6.08 Å². The topological polar surface area (TPSA) is 46.2 Å². The van der Waals surface area contributed by atoms with Gasteiger partial charge < -0.3 is 0 Å². The molecule has 1 aromatic carbocycles. The van der Waals surface area contributed by atoms with E-state index in [0.29, 0.717) is 18.0 Å². The molecule has 0 saturated carbocycles. The minimum atomic E-state index is -3.37. The molecule has 0 bridgehead atoms. The first-order valence-corrected chi connectivity index (χ1v) is 7.00. The summed E-state index contributed by atoms with van der Waals surface area (Å²) >= 11 is 5.72. The zero-order chi connectivity index (χ0) is 12.7. The molecule has 3 nitrogen and oxygen atoms in total. The number of hydrogen-bond donors (Lipinski definition) is 1. The fourth-order valence-electron chi connectivity index (χ4n) is 1.09. The molecule has 17 heavy (non-hydrogen) atoms. The third kappa shape index (κ3) is 5.68. The molecule has 0 aliphatic rings. The Labute approximate surface area is 107 Å². The van der Waals surface area contributed by atoms with Crippen molar-refractivity contribution in [2.24, 2.45) is 0 Å². The van der Waals surface area contributed by atoms with Crippen molar-refractivity contribution in [3.8, 4) is 0 Å². The number of sulfonamides is 1. The molecule has 0 fully saturated rings. The summed E-state index contributed by atoms with van der Waals surface area (Å²) in [6.45, 7) is 3.87. The van der Waals surface area contributed by atoms with Gasteiger partial charge in [-0.1, -0.05) is 29.8 Å². The van der Waals surface area contributed by atoms with Crippen molar-refractivity contribution in [1.29, 1.82) is 0 Å². The lowest BCUT2D eigenvalue weighted by Gasteiger charge is -1.99. The summed E-state index contributed by atoms with van der Waals surface area (Å²) in [7, 11) is -3.37. The molecular formula is C12H14ClNO2S. The molecule has 0 radical (unpaired) electrons. The molecule has 92 valence electrons. The molecule has 0 aliphatic carbocycles. The Morgan fingerprint density at radius 3 is 2.53 bits per heavy atom. The van der Waals surface area contributed by atoms with Gasteiger partial charge in [-0.25, -0.2) is 13.1 Å². The Balaban J connectivity index is 2.63. The molecule has 0 aliphatic heterocycles. The highest BCUT2D eigenvalue weighted by Gasteiger charge is 2.02. The monoisotopic (exact) mass is 271 g/mol. The largest absolute Gasteiger partial charge is 0.233 e. The van der Waals surface area contributed by atoms with Gasteiger partial charge in [0.05, 0.1) is 0 Å². The summed E-state index contributed by atoms with van der Waals surface area (Å²) in [4.78, 5) is 0. The van der Waals surface area contributed by atoms with Gasteiger partial charge >= 0.3 is 0 Å². The van der Waals surface area contributed by atoms with Crippen LogP contribution in [0.4, 0.5) is 0 Å². The molecule has 1 rings (SSSR count). The first-order chi connectivity index (χ1) is 8.03. The Hall–Kier alpha value is -1.10. The van der Waals surface area contributed by atoms with Crippen molar-refractivity contribution >= 4 is 27.7 Å². The highest BCUT2D eigenvalue weighted by Crippen LogP contribution is 2.10. The van der Waals surface area contributed by atoms with E-state index in [0.717, 1.165) is 11.0 Å². The van der Waals surface area contributed by atoms with Crippen LogP contribution in [-0.4, -0.2) is 15.0 Å². The highest BCUT2D eigenvalue weighted by atomic mass is 35.5. The van der Waals surface area contributed by atoms with E-state index in [2.05, 4.69) is 11.3 Å². The van der Waals surface area contributed by atoms with E-state index in [-0.39, 0.29) is 0 Å². The molecule has 5 heteroatoms. The van der Waals surface area contributed by atoms with Gasteiger partial charge in [-0.05, 0) is 30.2 Å². The lowest BCUT2D eigenvalue weighted by Crippen LogP contribution is -2.21. The van der Waals surface area contributed by atoms with Crippen LogP contribution < -0.4 is 4.72 Å². The zero-order valence-electron chi connectivity index (χ0n) is 9.27. The first-order valence-electron chi connectivity index (χ1n) is 5.08. The Kier molecular flexibility index (Phi) is 5.41. The lowest BCUT2D eigenvalue weighted by molar-refractivity contribution is 0.591. The average molecular weight is 272 g/mol. The summed E-state index contributed by atoms with van der Waals surface area (Å²) in [6.07, 6.45) is 3.78. The smallest absolute Gasteiger partial charge is 0.211 e. The number of rotatable bonds is 6. The summed E-state index contributed by atoms with van der Waals surface area (Å²) < 4.78 is 25.4. The minimum absolute atomic E-state index is 0.358. The predicted molar refractivity (Wildman–Crippen MR) is 72.2 cm³/mol. The van der Waals surface area contributed by atoms with Gasteiger partial charge in [0.2, 0.25) is 10.0 Å². The molecule has 0 unspecified atom stereocenters. The first kappa shape index (κ1) is 14.0. The molecule has 1 N–H and O–H groups in total. The van der Waals surface area contributed by atoms with Crippen molar-refractivity contribution in [2.75, 3.05) is 6.54 Å². The summed E-state index contributed by atoms with van der Waals surface area (Å²) in [5.41, 5.74) is 0.781. The van der Waals surface area contributed by atoms with Crippen molar-refractivity contribution in [3.63, 3.8) is 0 Å². The van der Waals surface area contributed by atoms with E-state index in [4.69, 9.17) is 11.6 Å². The van der Waals surface area contributed by atoms with Gasteiger partial charge in [-0.15, -0.1) is 6.58 Å². The molecule has 0 spiro atoms. The second kappa shape index (κ2) is 6.59. The third-order valence-electron chi connectivity index (χ3n) is 1.96. The zero-order valence-corrected chi connectivity index (χ0v) is 10.8. The van der Waals surface area contributed by atoms with Crippen molar-refractivity contribution in [1.82, 2.24) is 4.72 Å². The van der Waals surface area contributed by atoms with Crippen molar-refractivity contribution in [3.05, 3.63) is 52.9 Å². The number of halogens is 1. The average Bonchev–Trinajstić information content (AvgIpc) is 2.29. The van der Waals surface area contributed by atoms with Gasteiger partial charge in [0.25, 0.3) is 0 Å². The molecule has 0 amide bonds. The lowest BCUT2D eigenvalue weighted by atomic mass is 10.2. The van der Waals surface area contributed by atoms with Crippen LogP contribution in [0.25, 0.3) is 6.08 Å². The van der Waals surface area contributed by atoms with Gasteiger partial charge in [0.1, 0.15) is 0 Å². The van der Waals surface area contributed by atoms with Gasteiger partial charge in [-0.3, -0.25) is 0 Å². The molecule has 0 heterocycles. The van der Waals surface area contributed by atoms with E-state index in [1.807, 2.05) is 0 Å². The van der Waals surface area contributed by atoms with Crippen LogP contribution in [0.5, 0.6) is 0 Å². The summed E-state index contributed by atoms with van der Waals surface area (Å²) in [6, 6.07) is 6.91. The Morgan fingerprint density at radius 1 is 1.29 bits per heavy atom. The van der Waals surface area contributed by atoms with Crippen molar-refractivity contribution in [2.45, 2.75) is 6.42 Å². The van der Waals surface area contributed by atoms with Crippen LogP contribution in [0.1, 0.15) is 12.0 Å². The number of nitrogens with one attached hydrogen (secondary N) is 1. The summed E-state index contributed by atoms with van der Waals surface area (Å²) in [5, 5.41) is 1.76. The van der Waals surface area contributed by atoms with Crippen LogP contribution >= 0.6 is 11.6 Å². The van der Waals surface area contributed by atoms with Crippen LogP contribution in [0.15, 0.2) is 42.3 Å².